The molecule has 3 aromatic rings. The van der Waals surface area contributed by atoms with E-state index in [0.29, 0.717) is 28.6 Å². The average molecular weight is 410 g/mol. The Labute approximate surface area is 172 Å². The van der Waals surface area contributed by atoms with E-state index in [9.17, 15) is 9.59 Å². The molecule has 2 heterocycles. The molecular weight excluding hydrogens is 388 g/mol. The van der Waals surface area contributed by atoms with E-state index in [1.54, 1.807) is 12.3 Å². The van der Waals surface area contributed by atoms with Crippen LogP contribution in [0.5, 0.6) is 5.75 Å². The zero-order chi connectivity index (χ0) is 20.2. The van der Waals surface area contributed by atoms with E-state index in [-0.39, 0.29) is 18.4 Å². The second-order valence-electron chi connectivity index (χ2n) is 6.98. The van der Waals surface area contributed by atoms with Crippen LogP contribution < -0.4 is 15.4 Å². The van der Waals surface area contributed by atoms with Crippen LogP contribution >= 0.6 is 11.3 Å². The van der Waals surface area contributed by atoms with E-state index in [1.807, 2.05) is 37.3 Å². The molecule has 0 fully saturated rings. The number of nitrogens with one attached hydrogen (secondary N) is 2. The number of furan rings is 1. The number of thiophene rings is 1. The fourth-order valence-electron chi connectivity index (χ4n) is 3.42. The second kappa shape index (κ2) is 8.53. The van der Waals surface area contributed by atoms with Crippen LogP contribution in [0.4, 0.5) is 5.00 Å². The highest BCUT2D eigenvalue weighted by Gasteiger charge is 2.27. The number of carbonyl (C=O) groups excluding carboxylic acids is 2. The highest BCUT2D eigenvalue weighted by molar-refractivity contribution is 7.17. The summed E-state index contributed by atoms with van der Waals surface area (Å²) >= 11 is 1.48. The molecule has 0 saturated carbocycles. The van der Waals surface area contributed by atoms with Gasteiger partial charge in [-0.2, -0.15) is 0 Å². The van der Waals surface area contributed by atoms with Crippen molar-refractivity contribution in [1.29, 1.82) is 0 Å². The normalized spacial score (nSPS) is 12.4. The molecule has 0 saturated heterocycles. The lowest BCUT2D eigenvalue weighted by molar-refractivity contribution is -0.118. The van der Waals surface area contributed by atoms with Crippen molar-refractivity contribution in [3.63, 3.8) is 0 Å². The lowest BCUT2D eigenvalue weighted by Crippen LogP contribution is -2.26. The van der Waals surface area contributed by atoms with Gasteiger partial charge in [0.05, 0.1) is 18.4 Å². The molecular formula is C22H22N2O4S. The molecule has 7 heteroatoms. The monoisotopic (exact) mass is 410 g/mol. The maximum atomic E-state index is 12.9. The van der Waals surface area contributed by atoms with Gasteiger partial charge < -0.3 is 19.8 Å². The lowest BCUT2D eigenvalue weighted by Gasteiger charge is -2.10. The van der Waals surface area contributed by atoms with E-state index < -0.39 is 0 Å². The van der Waals surface area contributed by atoms with Crippen LogP contribution in [-0.4, -0.2) is 18.4 Å². The molecule has 0 aliphatic heterocycles. The van der Waals surface area contributed by atoms with Crippen LogP contribution in [0.1, 0.15) is 38.5 Å². The fraction of sp³-hybridized carbons (Fsp3) is 0.273. The standard InChI is InChI=1S/C22H22N2O4S/c1-14-5-2-6-15(11-14)28-13-19(25)24-22-20(17-8-3-9-18(17)29-22)21(26)23-12-16-7-4-10-27-16/h2,4-7,10-11H,3,8-9,12-13H2,1H3,(H,23,26)(H,24,25). The Kier molecular flexibility index (Phi) is 5.67. The number of ether oxygens (including phenoxy) is 1. The van der Waals surface area contributed by atoms with Gasteiger partial charge in [-0.3, -0.25) is 9.59 Å². The summed E-state index contributed by atoms with van der Waals surface area (Å²) in [7, 11) is 0. The summed E-state index contributed by atoms with van der Waals surface area (Å²) in [4.78, 5) is 26.5. The molecule has 0 unspecified atom stereocenters. The van der Waals surface area contributed by atoms with Crippen LogP contribution in [0.2, 0.25) is 0 Å². The molecule has 2 N–H and O–H groups in total. The molecule has 6 nitrogen and oxygen atoms in total. The number of hydrogen-bond donors (Lipinski definition) is 2. The van der Waals surface area contributed by atoms with E-state index in [1.165, 1.54) is 16.2 Å². The third kappa shape index (κ3) is 4.51. The molecule has 0 spiro atoms. The zero-order valence-electron chi connectivity index (χ0n) is 16.1. The van der Waals surface area contributed by atoms with Crippen molar-refractivity contribution in [1.82, 2.24) is 5.32 Å². The smallest absolute Gasteiger partial charge is 0.262 e. The first-order valence-electron chi connectivity index (χ1n) is 9.54. The fourth-order valence-corrected chi connectivity index (χ4v) is 4.72. The van der Waals surface area contributed by atoms with Crippen LogP contribution in [0.3, 0.4) is 0 Å². The molecule has 4 rings (SSSR count). The Balaban J connectivity index is 1.44. The summed E-state index contributed by atoms with van der Waals surface area (Å²) in [6.45, 7) is 2.16. The van der Waals surface area contributed by atoms with Crippen LogP contribution in [0, 0.1) is 6.92 Å². The van der Waals surface area contributed by atoms with Crippen molar-refractivity contribution in [3.8, 4) is 5.75 Å². The summed E-state index contributed by atoms with van der Waals surface area (Å²) in [6, 6.07) is 11.1. The minimum absolute atomic E-state index is 0.112. The molecule has 2 aromatic heterocycles. The summed E-state index contributed by atoms with van der Waals surface area (Å²) in [5.74, 6) is 0.842. The third-order valence-electron chi connectivity index (χ3n) is 4.76. The number of fused-ring (bicyclic) bond motifs is 1. The first kappa shape index (κ1) is 19.3. The quantitative estimate of drug-likeness (QED) is 0.615. The first-order chi connectivity index (χ1) is 14.1. The van der Waals surface area contributed by atoms with E-state index in [0.717, 1.165) is 30.4 Å². The van der Waals surface area contributed by atoms with Gasteiger partial charge in [0.1, 0.15) is 16.5 Å². The molecule has 1 aromatic carbocycles. The van der Waals surface area contributed by atoms with Crippen molar-refractivity contribution in [2.75, 3.05) is 11.9 Å². The van der Waals surface area contributed by atoms with Gasteiger partial charge in [-0.05, 0) is 61.6 Å². The number of anilines is 1. The van der Waals surface area contributed by atoms with E-state index >= 15 is 0 Å². The summed E-state index contributed by atoms with van der Waals surface area (Å²) in [5.41, 5.74) is 2.67. The van der Waals surface area contributed by atoms with Crippen molar-refractivity contribution in [2.24, 2.45) is 0 Å². The van der Waals surface area contributed by atoms with Gasteiger partial charge >= 0.3 is 0 Å². The molecule has 29 heavy (non-hydrogen) atoms. The number of aryl methyl sites for hydroxylation is 2. The van der Waals surface area contributed by atoms with Crippen molar-refractivity contribution in [3.05, 3.63) is 70.0 Å². The summed E-state index contributed by atoms with van der Waals surface area (Å²) in [5, 5.41) is 6.34. The number of benzene rings is 1. The Hall–Kier alpha value is -3.06. The minimum Gasteiger partial charge on any atom is -0.484 e. The van der Waals surface area contributed by atoms with Crippen molar-refractivity contribution in [2.45, 2.75) is 32.7 Å². The van der Waals surface area contributed by atoms with Gasteiger partial charge in [-0.15, -0.1) is 11.3 Å². The number of rotatable bonds is 7. The minimum atomic E-state index is -0.286. The van der Waals surface area contributed by atoms with Gasteiger partial charge in [0, 0.05) is 4.88 Å². The number of amides is 2. The maximum absolute atomic E-state index is 12.9. The topological polar surface area (TPSA) is 80.6 Å². The van der Waals surface area contributed by atoms with Gasteiger partial charge in [0.2, 0.25) is 0 Å². The van der Waals surface area contributed by atoms with Crippen molar-refractivity contribution >= 4 is 28.2 Å². The van der Waals surface area contributed by atoms with Crippen molar-refractivity contribution < 1.29 is 18.7 Å². The largest absolute Gasteiger partial charge is 0.484 e. The SMILES string of the molecule is Cc1cccc(OCC(=O)Nc2sc3c(c2C(=O)NCc2ccco2)CCC3)c1. The Morgan fingerprint density at radius 2 is 2.10 bits per heavy atom. The van der Waals surface area contributed by atoms with E-state index in [4.69, 9.17) is 9.15 Å². The van der Waals surface area contributed by atoms with Gasteiger partial charge in [-0.25, -0.2) is 0 Å². The van der Waals surface area contributed by atoms with Crippen LogP contribution in [-0.2, 0) is 24.2 Å². The second-order valence-corrected chi connectivity index (χ2v) is 8.08. The van der Waals surface area contributed by atoms with Gasteiger partial charge in [-0.1, -0.05) is 12.1 Å². The van der Waals surface area contributed by atoms with Gasteiger partial charge in [0.25, 0.3) is 11.8 Å². The molecule has 0 radical (unpaired) electrons. The molecule has 1 aliphatic rings. The van der Waals surface area contributed by atoms with Crippen LogP contribution in [0.25, 0.3) is 0 Å². The summed E-state index contributed by atoms with van der Waals surface area (Å²) in [6.07, 6.45) is 4.40. The molecule has 0 atom stereocenters. The molecule has 150 valence electrons. The highest BCUT2D eigenvalue weighted by Crippen LogP contribution is 2.39. The lowest BCUT2D eigenvalue weighted by atomic mass is 10.1. The number of carbonyl (C=O) groups is 2. The Morgan fingerprint density at radius 3 is 2.90 bits per heavy atom. The molecule has 2 amide bonds. The Morgan fingerprint density at radius 1 is 1.21 bits per heavy atom. The zero-order valence-corrected chi connectivity index (χ0v) is 16.9. The summed E-state index contributed by atoms with van der Waals surface area (Å²) < 4.78 is 10.8. The van der Waals surface area contributed by atoms with E-state index in [2.05, 4.69) is 10.6 Å². The molecule has 1 aliphatic carbocycles. The predicted octanol–water partition coefficient (Wildman–Crippen LogP) is 4.09. The Bertz CT molecular complexity index is 1020. The highest BCUT2D eigenvalue weighted by atomic mass is 32.1. The third-order valence-corrected chi connectivity index (χ3v) is 5.97. The van der Waals surface area contributed by atoms with Gasteiger partial charge in [0.15, 0.2) is 6.61 Å². The van der Waals surface area contributed by atoms with Crippen LogP contribution in [0.15, 0.2) is 47.1 Å². The average Bonchev–Trinajstić information content (AvgIpc) is 3.42. The maximum Gasteiger partial charge on any atom is 0.262 e. The predicted molar refractivity (Wildman–Crippen MR) is 112 cm³/mol. The first-order valence-corrected chi connectivity index (χ1v) is 10.4. The number of hydrogen-bond acceptors (Lipinski definition) is 5. The molecule has 0 bridgehead atoms.